The summed E-state index contributed by atoms with van der Waals surface area (Å²) in [7, 11) is 0. The molecule has 1 saturated heterocycles. The summed E-state index contributed by atoms with van der Waals surface area (Å²) in [5.41, 5.74) is 0.0813. The van der Waals surface area contributed by atoms with Crippen LogP contribution in [0.2, 0.25) is 0 Å². The van der Waals surface area contributed by atoms with Gasteiger partial charge in [-0.05, 0) is 32.7 Å². The quantitative estimate of drug-likeness (QED) is 0.781. The topological polar surface area (TPSA) is 41.1 Å². The summed E-state index contributed by atoms with van der Waals surface area (Å²) in [5, 5.41) is 6.50. The maximum atomic E-state index is 12.0. The van der Waals surface area contributed by atoms with Crippen LogP contribution in [0.1, 0.15) is 45.4 Å². The van der Waals surface area contributed by atoms with Crippen molar-refractivity contribution >= 4 is 18.3 Å². The first-order valence-electron chi connectivity index (χ1n) is 6.22. The SMILES string of the molecule is CC1(NC(=O)[C@@H]2CCNC2)CCCCC1.Cl. The molecule has 2 fully saturated rings. The highest BCUT2D eigenvalue weighted by molar-refractivity contribution is 5.85. The first-order chi connectivity index (χ1) is 7.20. The Labute approximate surface area is 104 Å². The maximum Gasteiger partial charge on any atom is 0.224 e. The van der Waals surface area contributed by atoms with Gasteiger partial charge in [0.15, 0.2) is 0 Å². The van der Waals surface area contributed by atoms with Crippen LogP contribution in [0.5, 0.6) is 0 Å². The Morgan fingerprint density at radius 3 is 2.56 bits per heavy atom. The minimum Gasteiger partial charge on any atom is -0.351 e. The molecular weight excluding hydrogens is 224 g/mol. The summed E-state index contributed by atoms with van der Waals surface area (Å²) >= 11 is 0. The third-order valence-electron chi connectivity index (χ3n) is 3.81. The number of hydrogen-bond acceptors (Lipinski definition) is 2. The van der Waals surface area contributed by atoms with Gasteiger partial charge in [-0.1, -0.05) is 19.3 Å². The molecule has 0 aromatic heterocycles. The summed E-state index contributed by atoms with van der Waals surface area (Å²) in [6, 6.07) is 0. The second-order valence-electron chi connectivity index (χ2n) is 5.30. The van der Waals surface area contributed by atoms with E-state index in [4.69, 9.17) is 0 Å². The predicted octanol–water partition coefficient (Wildman–Crippen LogP) is 1.86. The van der Waals surface area contributed by atoms with Crippen molar-refractivity contribution in [2.24, 2.45) is 5.92 Å². The molecule has 1 aliphatic carbocycles. The van der Waals surface area contributed by atoms with E-state index in [0.717, 1.165) is 32.4 Å². The van der Waals surface area contributed by atoms with Gasteiger partial charge in [-0.25, -0.2) is 0 Å². The molecule has 2 aliphatic rings. The van der Waals surface area contributed by atoms with Crippen LogP contribution in [-0.4, -0.2) is 24.5 Å². The highest BCUT2D eigenvalue weighted by atomic mass is 35.5. The number of amides is 1. The third-order valence-corrected chi connectivity index (χ3v) is 3.81. The van der Waals surface area contributed by atoms with Crippen molar-refractivity contribution in [3.8, 4) is 0 Å². The van der Waals surface area contributed by atoms with E-state index in [0.29, 0.717) is 0 Å². The number of halogens is 1. The number of carbonyl (C=O) groups excluding carboxylic acids is 1. The van der Waals surface area contributed by atoms with Crippen LogP contribution in [0.25, 0.3) is 0 Å². The summed E-state index contributed by atoms with van der Waals surface area (Å²) in [6.45, 7) is 4.06. The molecule has 0 unspecified atom stereocenters. The molecule has 16 heavy (non-hydrogen) atoms. The predicted molar refractivity (Wildman–Crippen MR) is 67.9 cm³/mol. The van der Waals surface area contributed by atoms with Gasteiger partial charge in [0.25, 0.3) is 0 Å². The van der Waals surface area contributed by atoms with E-state index in [-0.39, 0.29) is 29.8 Å². The molecule has 0 aromatic carbocycles. The average Bonchev–Trinajstić information content (AvgIpc) is 2.70. The molecule has 3 nitrogen and oxygen atoms in total. The molecule has 2 N–H and O–H groups in total. The van der Waals surface area contributed by atoms with E-state index >= 15 is 0 Å². The van der Waals surface area contributed by atoms with Gasteiger partial charge in [0.1, 0.15) is 0 Å². The van der Waals surface area contributed by atoms with Crippen LogP contribution < -0.4 is 10.6 Å². The van der Waals surface area contributed by atoms with Crippen molar-refractivity contribution in [1.29, 1.82) is 0 Å². The van der Waals surface area contributed by atoms with Crippen molar-refractivity contribution < 1.29 is 4.79 Å². The molecule has 4 heteroatoms. The molecule has 0 spiro atoms. The Balaban J connectivity index is 0.00000128. The molecule has 2 rings (SSSR count). The Morgan fingerprint density at radius 2 is 2.00 bits per heavy atom. The first-order valence-corrected chi connectivity index (χ1v) is 6.22. The van der Waals surface area contributed by atoms with E-state index in [2.05, 4.69) is 17.6 Å². The van der Waals surface area contributed by atoms with E-state index in [1.165, 1.54) is 19.3 Å². The standard InChI is InChI=1S/C12H22N2O.ClH/c1-12(6-3-2-4-7-12)14-11(15)10-5-8-13-9-10;/h10,13H,2-9H2,1H3,(H,14,15);1H/t10-;/m1./s1. The minimum atomic E-state index is 0. The largest absolute Gasteiger partial charge is 0.351 e. The summed E-state index contributed by atoms with van der Waals surface area (Å²) < 4.78 is 0. The van der Waals surface area contributed by atoms with Gasteiger partial charge in [-0.2, -0.15) is 0 Å². The van der Waals surface area contributed by atoms with Gasteiger partial charge in [0.2, 0.25) is 5.91 Å². The monoisotopic (exact) mass is 246 g/mol. The lowest BCUT2D eigenvalue weighted by atomic mass is 9.83. The van der Waals surface area contributed by atoms with Crippen LogP contribution >= 0.6 is 12.4 Å². The fourth-order valence-corrected chi connectivity index (χ4v) is 2.74. The Hall–Kier alpha value is -0.280. The molecule has 0 bridgehead atoms. The Kier molecular flexibility index (Phi) is 5.06. The lowest BCUT2D eigenvalue weighted by Crippen LogP contribution is -2.49. The van der Waals surface area contributed by atoms with E-state index in [1.54, 1.807) is 0 Å². The maximum absolute atomic E-state index is 12.0. The number of carbonyl (C=O) groups is 1. The number of rotatable bonds is 2. The smallest absolute Gasteiger partial charge is 0.224 e. The van der Waals surface area contributed by atoms with Crippen LogP contribution in [0.4, 0.5) is 0 Å². The van der Waals surface area contributed by atoms with Gasteiger partial charge in [0, 0.05) is 12.1 Å². The molecule has 1 amide bonds. The zero-order valence-electron chi connectivity index (χ0n) is 10.1. The molecule has 0 radical (unpaired) electrons. The van der Waals surface area contributed by atoms with Crippen LogP contribution in [-0.2, 0) is 4.79 Å². The second-order valence-corrected chi connectivity index (χ2v) is 5.30. The second kappa shape index (κ2) is 5.87. The van der Waals surface area contributed by atoms with E-state index < -0.39 is 0 Å². The molecular formula is C12H23ClN2O. The van der Waals surface area contributed by atoms with Crippen molar-refractivity contribution in [3.63, 3.8) is 0 Å². The molecule has 0 aromatic rings. The minimum absolute atomic E-state index is 0. The molecule has 1 aliphatic heterocycles. The van der Waals surface area contributed by atoms with Gasteiger partial charge >= 0.3 is 0 Å². The highest BCUT2D eigenvalue weighted by Gasteiger charge is 2.31. The zero-order valence-corrected chi connectivity index (χ0v) is 10.9. The Morgan fingerprint density at radius 1 is 1.31 bits per heavy atom. The van der Waals surface area contributed by atoms with Crippen molar-refractivity contribution in [2.45, 2.75) is 51.0 Å². The highest BCUT2D eigenvalue weighted by Crippen LogP contribution is 2.28. The number of nitrogens with one attached hydrogen (secondary N) is 2. The lowest BCUT2D eigenvalue weighted by molar-refractivity contribution is -0.126. The molecule has 1 heterocycles. The lowest BCUT2D eigenvalue weighted by Gasteiger charge is -2.35. The van der Waals surface area contributed by atoms with Crippen LogP contribution in [0.15, 0.2) is 0 Å². The van der Waals surface area contributed by atoms with Crippen LogP contribution in [0, 0.1) is 5.92 Å². The van der Waals surface area contributed by atoms with Gasteiger partial charge in [-0.3, -0.25) is 4.79 Å². The van der Waals surface area contributed by atoms with E-state index in [1.807, 2.05) is 0 Å². The van der Waals surface area contributed by atoms with Gasteiger partial charge in [0.05, 0.1) is 5.92 Å². The zero-order chi connectivity index (χ0) is 10.7. The molecule has 1 atom stereocenters. The van der Waals surface area contributed by atoms with Crippen molar-refractivity contribution in [3.05, 3.63) is 0 Å². The number of hydrogen-bond donors (Lipinski definition) is 2. The van der Waals surface area contributed by atoms with E-state index in [9.17, 15) is 4.79 Å². The summed E-state index contributed by atoms with van der Waals surface area (Å²) in [5.74, 6) is 0.480. The summed E-state index contributed by atoms with van der Waals surface area (Å²) in [4.78, 5) is 12.0. The van der Waals surface area contributed by atoms with Gasteiger partial charge in [-0.15, -0.1) is 12.4 Å². The van der Waals surface area contributed by atoms with Crippen molar-refractivity contribution in [1.82, 2.24) is 10.6 Å². The van der Waals surface area contributed by atoms with Crippen LogP contribution in [0.3, 0.4) is 0 Å². The third kappa shape index (κ3) is 3.36. The average molecular weight is 247 g/mol. The molecule has 1 saturated carbocycles. The molecule has 94 valence electrons. The normalized spacial score (nSPS) is 28.2. The Bertz CT molecular complexity index is 233. The summed E-state index contributed by atoms with van der Waals surface area (Å²) in [6.07, 6.45) is 7.16. The fraction of sp³-hybridized carbons (Fsp3) is 0.917. The van der Waals surface area contributed by atoms with Gasteiger partial charge < -0.3 is 10.6 Å². The van der Waals surface area contributed by atoms with Crippen molar-refractivity contribution in [2.75, 3.05) is 13.1 Å². The first kappa shape index (κ1) is 13.8. The fourth-order valence-electron chi connectivity index (χ4n) is 2.74.